The molecule has 1 heterocycles. The number of aryl methyl sites for hydroxylation is 2. The summed E-state index contributed by atoms with van der Waals surface area (Å²) in [7, 11) is 0. The van der Waals surface area contributed by atoms with E-state index in [0.29, 0.717) is 0 Å². The fourth-order valence-corrected chi connectivity index (χ4v) is 1.57. The van der Waals surface area contributed by atoms with E-state index in [-0.39, 0.29) is 5.89 Å². The molecule has 0 amide bonds. The van der Waals surface area contributed by atoms with Crippen LogP contribution in [-0.4, -0.2) is 15.3 Å². The van der Waals surface area contributed by atoms with Crippen molar-refractivity contribution in [3.63, 3.8) is 0 Å². The minimum Gasteiger partial charge on any atom is -0.425 e. The molecular weight excluding hydrogens is 192 g/mol. The van der Waals surface area contributed by atoms with Crippen LogP contribution in [0.25, 0.3) is 0 Å². The second-order valence-electron chi connectivity index (χ2n) is 3.54. The van der Waals surface area contributed by atoms with Crippen molar-refractivity contribution in [1.82, 2.24) is 10.2 Å². The maximum absolute atomic E-state index is 9.96. The van der Waals surface area contributed by atoms with Crippen LogP contribution in [0.5, 0.6) is 0 Å². The van der Waals surface area contributed by atoms with Crippen molar-refractivity contribution in [3.8, 4) is 0 Å². The van der Waals surface area contributed by atoms with Crippen molar-refractivity contribution in [1.29, 1.82) is 0 Å². The highest BCUT2D eigenvalue weighted by Crippen LogP contribution is 2.23. The van der Waals surface area contributed by atoms with E-state index in [1.54, 1.807) is 0 Å². The first-order valence-electron chi connectivity index (χ1n) is 4.70. The molecule has 0 aliphatic heterocycles. The highest BCUT2D eigenvalue weighted by molar-refractivity contribution is 5.33. The molecule has 15 heavy (non-hydrogen) atoms. The highest BCUT2D eigenvalue weighted by atomic mass is 16.4. The van der Waals surface area contributed by atoms with Gasteiger partial charge in [-0.2, -0.15) is 0 Å². The van der Waals surface area contributed by atoms with E-state index in [1.807, 2.05) is 32.0 Å². The normalized spacial score (nSPS) is 12.7. The van der Waals surface area contributed by atoms with Gasteiger partial charge in [0.1, 0.15) is 0 Å². The molecule has 0 spiro atoms. The lowest BCUT2D eigenvalue weighted by Gasteiger charge is -2.10. The molecule has 0 aliphatic carbocycles. The topological polar surface area (TPSA) is 59.2 Å². The van der Waals surface area contributed by atoms with Crippen molar-refractivity contribution in [2.45, 2.75) is 20.0 Å². The minimum atomic E-state index is -0.840. The Kier molecular flexibility index (Phi) is 2.51. The average Bonchev–Trinajstić information content (AvgIpc) is 2.69. The van der Waals surface area contributed by atoms with Crippen molar-refractivity contribution in [3.05, 3.63) is 47.2 Å². The Bertz CT molecular complexity index is 452. The lowest BCUT2D eigenvalue weighted by Crippen LogP contribution is -2.02. The summed E-state index contributed by atoms with van der Waals surface area (Å²) in [6.45, 7) is 3.96. The van der Waals surface area contributed by atoms with E-state index in [1.165, 1.54) is 6.39 Å². The molecule has 0 radical (unpaired) electrons. The summed E-state index contributed by atoms with van der Waals surface area (Å²) in [6.07, 6.45) is 0.371. The molecule has 0 fully saturated rings. The van der Waals surface area contributed by atoms with Gasteiger partial charge in [-0.3, -0.25) is 0 Å². The first-order chi connectivity index (χ1) is 7.18. The molecule has 1 atom stereocenters. The maximum Gasteiger partial charge on any atom is 0.249 e. The van der Waals surface area contributed by atoms with Crippen LogP contribution < -0.4 is 0 Å². The smallest absolute Gasteiger partial charge is 0.249 e. The van der Waals surface area contributed by atoms with Gasteiger partial charge in [0.15, 0.2) is 6.10 Å². The van der Waals surface area contributed by atoms with Crippen LogP contribution >= 0.6 is 0 Å². The van der Waals surface area contributed by atoms with Crippen molar-refractivity contribution in [2.75, 3.05) is 0 Å². The molecule has 2 rings (SSSR count). The van der Waals surface area contributed by atoms with E-state index in [2.05, 4.69) is 10.2 Å². The zero-order valence-corrected chi connectivity index (χ0v) is 8.64. The van der Waals surface area contributed by atoms with Crippen molar-refractivity contribution >= 4 is 0 Å². The number of aliphatic hydroxyl groups excluding tert-OH is 1. The van der Waals surface area contributed by atoms with Crippen molar-refractivity contribution in [2.24, 2.45) is 0 Å². The van der Waals surface area contributed by atoms with E-state index in [9.17, 15) is 5.11 Å². The fraction of sp³-hybridized carbons (Fsp3) is 0.273. The molecule has 0 saturated carbocycles. The molecule has 4 heteroatoms. The zero-order valence-electron chi connectivity index (χ0n) is 8.64. The standard InChI is InChI=1S/C11H12N2O2/c1-7-3-4-9(8(2)5-7)10(14)11-13-12-6-15-11/h3-6,10,14H,1-2H3. The SMILES string of the molecule is Cc1ccc(C(O)c2nnco2)c(C)c1. The van der Waals surface area contributed by atoms with Gasteiger partial charge in [0.2, 0.25) is 12.3 Å². The van der Waals surface area contributed by atoms with Crippen LogP contribution in [-0.2, 0) is 0 Å². The van der Waals surface area contributed by atoms with Crippen molar-refractivity contribution < 1.29 is 9.52 Å². The van der Waals surface area contributed by atoms with Crippen LogP contribution in [0.4, 0.5) is 0 Å². The van der Waals surface area contributed by atoms with Crippen LogP contribution in [0.1, 0.15) is 28.7 Å². The summed E-state index contributed by atoms with van der Waals surface area (Å²) >= 11 is 0. The Balaban J connectivity index is 2.38. The Hall–Kier alpha value is -1.68. The van der Waals surface area contributed by atoms with Crippen LogP contribution in [0, 0.1) is 13.8 Å². The number of rotatable bonds is 2. The summed E-state index contributed by atoms with van der Waals surface area (Å²) in [5, 5.41) is 17.2. The summed E-state index contributed by atoms with van der Waals surface area (Å²) in [5.41, 5.74) is 2.97. The predicted octanol–water partition coefficient (Wildman–Crippen LogP) is 1.77. The summed E-state index contributed by atoms with van der Waals surface area (Å²) in [4.78, 5) is 0. The monoisotopic (exact) mass is 204 g/mol. The molecule has 78 valence electrons. The third-order valence-electron chi connectivity index (χ3n) is 2.33. The fourth-order valence-electron chi connectivity index (χ4n) is 1.57. The molecule has 0 saturated heterocycles. The van der Waals surface area contributed by atoms with E-state index < -0.39 is 6.10 Å². The van der Waals surface area contributed by atoms with E-state index in [0.717, 1.165) is 16.7 Å². The largest absolute Gasteiger partial charge is 0.425 e. The van der Waals surface area contributed by atoms with Gasteiger partial charge >= 0.3 is 0 Å². The quantitative estimate of drug-likeness (QED) is 0.809. The zero-order chi connectivity index (χ0) is 10.8. The number of nitrogens with zero attached hydrogens (tertiary/aromatic N) is 2. The van der Waals surface area contributed by atoms with Crippen LogP contribution in [0.3, 0.4) is 0 Å². The van der Waals surface area contributed by atoms with E-state index in [4.69, 9.17) is 4.42 Å². The summed E-state index contributed by atoms with van der Waals surface area (Å²) in [5.74, 6) is 0.224. The number of hydrogen-bond donors (Lipinski definition) is 1. The molecule has 0 aliphatic rings. The van der Waals surface area contributed by atoms with Crippen LogP contribution in [0.2, 0.25) is 0 Å². The van der Waals surface area contributed by atoms with Gasteiger partial charge in [-0.15, -0.1) is 10.2 Å². The third-order valence-corrected chi connectivity index (χ3v) is 2.33. The molecule has 1 aromatic carbocycles. The lowest BCUT2D eigenvalue weighted by atomic mass is 10.0. The Labute approximate surface area is 87.6 Å². The Morgan fingerprint density at radius 1 is 1.33 bits per heavy atom. The first kappa shape index (κ1) is 9.86. The number of aromatic nitrogens is 2. The van der Waals surface area contributed by atoms with Gasteiger partial charge in [-0.1, -0.05) is 23.8 Å². The molecule has 2 aromatic rings. The van der Waals surface area contributed by atoms with Crippen LogP contribution in [0.15, 0.2) is 29.0 Å². The Morgan fingerprint density at radius 2 is 2.13 bits per heavy atom. The second kappa shape index (κ2) is 3.82. The number of aliphatic hydroxyl groups is 1. The van der Waals surface area contributed by atoms with Gasteiger partial charge in [-0.05, 0) is 25.0 Å². The van der Waals surface area contributed by atoms with Gasteiger partial charge in [0, 0.05) is 0 Å². The van der Waals surface area contributed by atoms with Gasteiger partial charge in [0.25, 0.3) is 0 Å². The third kappa shape index (κ3) is 1.89. The van der Waals surface area contributed by atoms with E-state index >= 15 is 0 Å². The average molecular weight is 204 g/mol. The molecule has 1 aromatic heterocycles. The predicted molar refractivity (Wildman–Crippen MR) is 54.3 cm³/mol. The second-order valence-corrected chi connectivity index (χ2v) is 3.54. The van der Waals surface area contributed by atoms with Gasteiger partial charge in [-0.25, -0.2) is 0 Å². The summed E-state index contributed by atoms with van der Waals surface area (Å²) in [6, 6.07) is 5.83. The molecule has 1 unspecified atom stereocenters. The van der Waals surface area contributed by atoms with Gasteiger partial charge < -0.3 is 9.52 Å². The molecular formula is C11H12N2O2. The number of benzene rings is 1. The molecule has 0 bridgehead atoms. The summed E-state index contributed by atoms with van der Waals surface area (Å²) < 4.78 is 4.96. The maximum atomic E-state index is 9.96. The lowest BCUT2D eigenvalue weighted by molar-refractivity contribution is 0.182. The Morgan fingerprint density at radius 3 is 2.73 bits per heavy atom. The number of hydrogen-bond acceptors (Lipinski definition) is 4. The molecule has 1 N–H and O–H groups in total. The molecule has 4 nitrogen and oxygen atoms in total. The minimum absolute atomic E-state index is 0.224. The first-order valence-corrected chi connectivity index (χ1v) is 4.70. The van der Waals surface area contributed by atoms with Gasteiger partial charge in [0.05, 0.1) is 0 Å². The highest BCUT2D eigenvalue weighted by Gasteiger charge is 2.17.